The Morgan fingerprint density at radius 1 is 0.862 bits per heavy atom. The maximum Gasteiger partial charge on any atom is 0.247 e. The third kappa shape index (κ3) is 4.29. The summed E-state index contributed by atoms with van der Waals surface area (Å²) in [5.41, 5.74) is 1.76. The number of anilines is 2. The molecule has 0 saturated carbocycles. The lowest BCUT2D eigenvalue weighted by Gasteiger charge is -2.36. The van der Waals surface area contributed by atoms with Crippen LogP contribution in [-0.2, 0) is 14.4 Å². The molecule has 2 aromatic rings. The molecular formula is C22H23N3O3S. The quantitative estimate of drug-likeness (QED) is 0.710. The van der Waals surface area contributed by atoms with Crippen molar-refractivity contribution in [1.82, 2.24) is 4.90 Å². The summed E-state index contributed by atoms with van der Waals surface area (Å²) in [5.74, 6) is -0.186. The van der Waals surface area contributed by atoms with E-state index < -0.39 is 5.25 Å². The zero-order chi connectivity index (χ0) is 20.2. The van der Waals surface area contributed by atoms with Crippen LogP contribution in [-0.4, -0.2) is 59.8 Å². The maximum absolute atomic E-state index is 12.7. The predicted molar refractivity (Wildman–Crippen MR) is 115 cm³/mol. The number of carbonyl (C=O) groups excluding carboxylic acids is 3. The van der Waals surface area contributed by atoms with Gasteiger partial charge in [-0.25, -0.2) is 4.90 Å². The van der Waals surface area contributed by atoms with Gasteiger partial charge in [-0.2, -0.15) is 0 Å². The van der Waals surface area contributed by atoms with E-state index in [2.05, 4.69) is 17.0 Å². The van der Waals surface area contributed by atoms with Crippen molar-refractivity contribution in [2.24, 2.45) is 0 Å². The summed E-state index contributed by atoms with van der Waals surface area (Å²) in [6.07, 6.45) is 0.146. The van der Waals surface area contributed by atoms with Gasteiger partial charge in [-0.15, -0.1) is 11.8 Å². The van der Waals surface area contributed by atoms with Gasteiger partial charge in [0.05, 0.1) is 16.7 Å². The number of carbonyl (C=O) groups is 3. The normalized spacial score (nSPS) is 19.7. The van der Waals surface area contributed by atoms with Gasteiger partial charge in [-0.05, 0) is 24.3 Å². The molecule has 29 heavy (non-hydrogen) atoms. The summed E-state index contributed by atoms with van der Waals surface area (Å²) in [6, 6.07) is 19.1. The molecule has 2 heterocycles. The van der Waals surface area contributed by atoms with Crippen LogP contribution in [0.5, 0.6) is 0 Å². The van der Waals surface area contributed by atoms with Crippen LogP contribution in [0.15, 0.2) is 60.7 Å². The number of amides is 3. The monoisotopic (exact) mass is 409 g/mol. The molecule has 2 saturated heterocycles. The number of benzene rings is 2. The van der Waals surface area contributed by atoms with Crippen LogP contribution in [0, 0.1) is 0 Å². The van der Waals surface area contributed by atoms with E-state index in [1.165, 1.54) is 22.3 Å². The van der Waals surface area contributed by atoms with Crippen molar-refractivity contribution in [2.75, 3.05) is 41.7 Å². The predicted octanol–water partition coefficient (Wildman–Crippen LogP) is 2.40. The topological polar surface area (TPSA) is 60.9 Å². The molecule has 1 atom stereocenters. The Labute approximate surface area is 174 Å². The minimum absolute atomic E-state index is 0.0288. The van der Waals surface area contributed by atoms with Gasteiger partial charge in [0.15, 0.2) is 0 Å². The molecule has 0 aromatic heterocycles. The van der Waals surface area contributed by atoms with Crippen molar-refractivity contribution < 1.29 is 14.4 Å². The first-order valence-corrected chi connectivity index (χ1v) is 10.8. The van der Waals surface area contributed by atoms with Crippen LogP contribution in [0.4, 0.5) is 11.4 Å². The lowest BCUT2D eigenvalue weighted by atomic mass is 10.2. The van der Waals surface area contributed by atoms with E-state index in [0.717, 1.165) is 13.1 Å². The second kappa shape index (κ2) is 8.69. The summed E-state index contributed by atoms with van der Waals surface area (Å²) in [6.45, 7) is 2.93. The molecule has 3 amide bonds. The van der Waals surface area contributed by atoms with Crippen LogP contribution in [0.2, 0.25) is 0 Å². The zero-order valence-electron chi connectivity index (χ0n) is 16.1. The average Bonchev–Trinajstić information content (AvgIpc) is 3.06. The first-order valence-electron chi connectivity index (χ1n) is 9.75. The van der Waals surface area contributed by atoms with Gasteiger partial charge < -0.3 is 9.80 Å². The maximum atomic E-state index is 12.7. The summed E-state index contributed by atoms with van der Waals surface area (Å²) >= 11 is 1.28. The van der Waals surface area contributed by atoms with Gasteiger partial charge in [0.25, 0.3) is 0 Å². The molecule has 2 fully saturated rings. The molecule has 0 spiro atoms. The minimum Gasteiger partial charge on any atom is -0.368 e. The SMILES string of the molecule is O=C(CS[C@@H]1CC(=O)N(c2ccccc2)C1=O)N1CCN(c2ccccc2)CC1. The van der Waals surface area contributed by atoms with Crippen molar-refractivity contribution in [3.8, 4) is 0 Å². The van der Waals surface area contributed by atoms with Crippen LogP contribution >= 0.6 is 11.8 Å². The average molecular weight is 410 g/mol. The Kier molecular flexibility index (Phi) is 5.85. The van der Waals surface area contributed by atoms with E-state index >= 15 is 0 Å². The fourth-order valence-electron chi connectivity index (χ4n) is 3.70. The first kappa shape index (κ1) is 19.5. The number of rotatable bonds is 5. The van der Waals surface area contributed by atoms with E-state index in [-0.39, 0.29) is 29.9 Å². The molecule has 4 rings (SSSR count). The Balaban J connectivity index is 1.28. The third-order valence-corrected chi connectivity index (χ3v) is 6.47. The number of hydrogen-bond donors (Lipinski definition) is 0. The van der Waals surface area contributed by atoms with Crippen LogP contribution < -0.4 is 9.80 Å². The van der Waals surface area contributed by atoms with Crippen molar-refractivity contribution in [3.63, 3.8) is 0 Å². The van der Waals surface area contributed by atoms with Gasteiger partial charge in [0.2, 0.25) is 17.7 Å². The number of imide groups is 1. The van der Waals surface area contributed by atoms with E-state index in [4.69, 9.17) is 0 Å². The van der Waals surface area contributed by atoms with Crippen molar-refractivity contribution in [3.05, 3.63) is 60.7 Å². The zero-order valence-corrected chi connectivity index (χ0v) is 16.9. The lowest BCUT2D eigenvalue weighted by molar-refractivity contribution is -0.128. The third-order valence-electron chi connectivity index (χ3n) is 5.28. The highest BCUT2D eigenvalue weighted by Crippen LogP contribution is 2.29. The molecule has 0 radical (unpaired) electrons. The number of hydrogen-bond acceptors (Lipinski definition) is 5. The molecule has 0 unspecified atom stereocenters. The molecule has 0 N–H and O–H groups in total. The minimum atomic E-state index is -0.489. The Bertz CT molecular complexity index is 883. The smallest absolute Gasteiger partial charge is 0.247 e. The molecular weight excluding hydrogens is 386 g/mol. The van der Waals surface area contributed by atoms with Gasteiger partial charge in [0.1, 0.15) is 0 Å². The molecule has 2 aromatic carbocycles. The Morgan fingerprint density at radius 3 is 2.07 bits per heavy atom. The summed E-state index contributed by atoms with van der Waals surface area (Å²) < 4.78 is 0. The number of nitrogens with zero attached hydrogens (tertiary/aromatic N) is 3. The van der Waals surface area contributed by atoms with Gasteiger partial charge >= 0.3 is 0 Å². The number of para-hydroxylation sites is 2. The molecule has 0 aliphatic carbocycles. The van der Waals surface area contributed by atoms with Crippen molar-refractivity contribution in [2.45, 2.75) is 11.7 Å². The second-order valence-electron chi connectivity index (χ2n) is 7.11. The largest absolute Gasteiger partial charge is 0.368 e. The molecule has 0 bridgehead atoms. The standard InChI is InChI=1S/C22H23N3O3S/c26-20-15-19(22(28)25(20)18-9-5-2-6-10-18)29-16-21(27)24-13-11-23(12-14-24)17-7-3-1-4-8-17/h1-10,19H,11-16H2/t19-/m1/s1. The van der Waals surface area contributed by atoms with Crippen LogP contribution in [0.1, 0.15) is 6.42 Å². The van der Waals surface area contributed by atoms with Crippen LogP contribution in [0.3, 0.4) is 0 Å². The Morgan fingerprint density at radius 2 is 1.45 bits per heavy atom. The molecule has 150 valence electrons. The van der Waals surface area contributed by atoms with Gasteiger partial charge in [-0.3, -0.25) is 14.4 Å². The summed E-state index contributed by atoms with van der Waals surface area (Å²) in [4.78, 5) is 42.9. The lowest BCUT2D eigenvalue weighted by Crippen LogP contribution is -2.49. The van der Waals surface area contributed by atoms with E-state index in [9.17, 15) is 14.4 Å². The highest BCUT2D eigenvalue weighted by atomic mass is 32.2. The molecule has 2 aliphatic rings. The molecule has 6 nitrogen and oxygen atoms in total. The fourth-order valence-corrected chi connectivity index (χ4v) is 4.73. The second-order valence-corrected chi connectivity index (χ2v) is 8.30. The summed E-state index contributed by atoms with van der Waals surface area (Å²) in [7, 11) is 0. The number of piperazine rings is 1. The fraction of sp³-hybridized carbons (Fsp3) is 0.318. The van der Waals surface area contributed by atoms with E-state index in [1.54, 1.807) is 24.3 Å². The van der Waals surface area contributed by atoms with Crippen LogP contribution in [0.25, 0.3) is 0 Å². The van der Waals surface area contributed by atoms with Crippen molar-refractivity contribution >= 4 is 40.9 Å². The first-order chi connectivity index (χ1) is 14.1. The van der Waals surface area contributed by atoms with E-state index in [1.807, 2.05) is 29.2 Å². The number of thioether (sulfide) groups is 1. The van der Waals surface area contributed by atoms with Gasteiger partial charge in [-0.1, -0.05) is 36.4 Å². The summed E-state index contributed by atoms with van der Waals surface area (Å²) in [5, 5.41) is -0.489. The highest BCUT2D eigenvalue weighted by molar-refractivity contribution is 8.01. The highest BCUT2D eigenvalue weighted by Gasteiger charge is 2.40. The Hall–Kier alpha value is -2.80. The van der Waals surface area contributed by atoms with Crippen molar-refractivity contribution in [1.29, 1.82) is 0 Å². The van der Waals surface area contributed by atoms with Gasteiger partial charge in [0, 0.05) is 38.3 Å². The molecule has 7 heteroatoms. The van der Waals surface area contributed by atoms with E-state index in [0.29, 0.717) is 18.8 Å². The molecule has 2 aliphatic heterocycles.